The number of nitrogens with zero attached hydrogens (tertiary/aromatic N) is 1. The van der Waals surface area contributed by atoms with E-state index in [0.717, 1.165) is 6.07 Å². The van der Waals surface area contributed by atoms with Gasteiger partial charge < -0.3 is 9.32 Å². The molecule has 3 rings (SSSR count). The molecule has 1 aliphatic heterocycles. The minimum atomic E-state index is -0.770. The fourth-order valence-corrected chi connectivity index (χ4v) is 2.74. The molecule has 1 aromatic heterocycles. The van der Waals surface area contributed by atoms with Gasteiger partial charge in [-0.25, -0.2) is 4.39 Å². The number of halogens is 1. The van der Waals surface area contributed by atoms with Gasteiger partial charge in [-0.15, -0.1) is 0 Å². The van der Waals surface area contributed by atoms with Crippen molar-refractivity contribution < 1.29 is 23.2 Å². The third-order valence-corrected chi connectivity index (χ3v) is 3.97. The number of amides is 3. The third kappa shape index (κ3) is 3.52. The van der Waals surface area contributed by atoms with Crippen LogP contribution in [0, 0.1) is 5.82 Å². The monoisotopic (exact) mass is 345 g/mol. The minimum Gasteiger partial charge on any atom is -0.459 e. The molecule has 1 aliphatic rings. The zero-order chi connectivity index (χ0) is 17.8. The third-order valence-electron chi connectivity index (χ3n) is 3.97. The van der Waals surface area contributed by atoms with Gasteiger partial charge in [0.2, 0.25) is 0 Å². The van der Waals surface area contributed by atoms with Crippen LogP contribution in [-0.2, 0) is 4.79 Å². The Morgan fingerprint density at radius 2 is 1.92 bits per heavy atom. The lowest BCUT2D eigenvalue weighted by Gasteiger charge is -2.23. The molecule has 25 heavy (non-hydrogen) atoms. The van der Waals surface area contributed by atoms with E-state index in [1.54, 1.807) is 6.07 Å². The Morgan fingerprint density at radius 1 is 1.12 bits per heavy atom. The number of carbonyl (C=O) groups excluding carboxylic acids is 3. The molecule has 0 saturated carbocycles. The summed E-state index contributed by atoms with van der Waals surface area (Å²) in [5, 5.41) is 0. The summed E-state index contributed by atoms with van der Waals surface area (Å²) < 4.78 is 18.6. The molecule has 0 spiro atoms. The van der Waals surface area contributed by atoms with Gasteiger partial charge in [0.15, 0.2) is 5.76 Å². The Bertz CT molecular complexity index is 791. The topological polar surface area (TPSA) is 91.7 Å². The van der Waals surface area contributed by atoms with E-state index in [0.29, 0.717) is 19.4 Å². The van der Waals surface area contributed by atoms with Crippen molar-refractivity contribution in [3.63, 3.8) is 0 Å². The van der Waals surface area contributed by atoms with Crippen LogP contribution in [0.4, 0.5) is 4.39 Å². The van der Waals surface area contributed by atoms with Gasteiger partial charge in [0, 0.05) is 6.54 Å². The van der Waals surface area contributed by atoms with E-state index in [4.69, 9.17) is 4.42 Å². The van der Waals surface area contributed by atoms with Crippen LogP contribution >= 0.6 is 0 Å². The summed E-state index contributed by atoms with van der Waals surface area (Å²) in [4.78, 5) is 38.0. The average Bonchev–Trinajstić information content (AvgIpc) is 3.30. The highest BCUT2D eigenvalue weighted by molar-refractivity contribution is 5.98. The fourth-order valence-electron chi connectivity index (χ4n) is 2.74. The Labute approximate surface area is 142 Å². The van der Waals surface area contributed by atoms with Gasteiger partial charge in [-0.05, 0) is 37.1 Å². The molecule has 1 aromatic carbocycles. The molecule has 1 atom stereocenters. The number of hydrazine groups is 1. The second-order valence-electron chi connectivity index (χ2n) is 5.56. The molecule has 7 nitrogen and oxygen atoms in total. The highest BCUT2D eigenvalue weighted by Gasteiger charge is 2.35. The van der Waals surface area contributed by atoms with Crippen LogP contribution in [0.3, 0.4) is 0 Å². The number of hydrogen-bond donors (Lipinski definition) is 2. The largest absolute Gasteiger partial charge is 0.459 e. The van der Waals surface area contributed by atoms with Crippen molar-refractivity contribution in [2.75, 3.05) is 6.54 Å². The summed E-state index contributed by atoms with van der Waals surface area (Å²) in [6, 6.07) is 7.82. The molecular formula is C17H16FN3O4. The maximum absolute atomic E-state index is 13.6. The molecule has 2 N–H and O–H groups in total. The molecule has 1 saturated heterocycles. The van der Waals surface area contributed by atoms with Crippen molar-refractivity contribution in [1.29, 1.82) is 0 Å². The zero-order valence-electron chi connectivity index (χ0n) is 13.2. The second kappa shape index (κ2) is 7.16. The summed E-state index contributed by atoms with van der Waals surface area (Å²) in [7, 11) is 0. The van der Waals surface area contributed by atoms with Gasteiger partial charge in [-0.1, -0.05) is 12.1 Å². The molecule has 0 aliphatic carbocycles. The fraction of sp³-hybridized carbons (Fsp3) is 0.235. The van der Waals surface area contributed by atoms with Gasteiger partial charge >= 0.3 is 0 Å². The van der Waals surface area contributed by atoms with E-state index in [9.17, 15) is 18.8 Å². The SMILES string of the molecule is O=C(NNC(=O)C1CCCN1C(=O)c1ccco1)c1ccccc1F. The zero-order valence-corrected chi connectivity index (χ0v) is 13.2. The Hall–Kier alpha value is -3.16. The first kappa shape index (κ1) is 16.7. The Morgan fingerprint density at radius 3 is 2.64 bits per heavy atom. The molecular weight excluding hydrogens is 329 g/mol. The van der Waals surface area contributed by atoms with Gasteiger partial charge in [-0.2, -0.15) is 0 Å². The first-order chi connectivity index (χ1) is 12.1. The van der Waals surface area contributed by atoms with E-state index in [1.165, 1.54) is 35.4 Å². The van der Waals surface area contributed by atoms with E-state index in [2.05, 4.69) is 10.9 Å². The lowest BCUT2D eigenvalue weighted by Crippen LogP contribution is -2.51. The number of furan rings is 1. The highest BCUT2D eigenvalue weighted by Crippen LogP contribution is 2.20. The minimum absolute atomic E-state index is 0.148. The van der Waals surface area contributed by atoms with Crippen LogP contribution < -0.4 is 10.9 Å². The van der Waals surface area contributed by atoms with Crippen molar-refractivity contribution in [3.8, 4) is 0 Å². The number of carbonyl (C=O) groups is 3. The van der Waals surface area contributed by atoms with Crippen LogP contribution in [-0.4, -0.2) is 35.2 Å². The molecule has 8 heteroatoms. The molecule has 3 amide bonds. The maximum Gasteiger partial charge on any atom is 0.290 e. The lowest BCUT2D eigenvalue weighted by atomic mass is 10.2. The number of nitrogens with one attached hydrogen (secondary N) is 2. The van der Waals surface area contributed by atoms with Crippen molar-refractivity contribution in [3.05, 3.63) is 59.8 Å². The summed E-state index contributed by atoms with van der Waals surface area (Å²) in [5.41, 5.74) is 4.24. The van der Waals surface area contributed by atoms with E-state index >= 15 is 0 Å². The van der Waals surface area contributed by atoms with Crippen LogP contribution in [0.25, 0.3) is 0 Å². The molecule has 1 unspecified atom stereocenters. The van der Waals surface area contributed by atoms with E-state index < -0.39 is 23.7 Å². The van der Waals surface area contributed by atoms with Crippen molar-refractivity contribution in [2.45, 2.75) is 18.9 Å². The van der Waals surface area contributed by atoms with E-state index in [1.807, 2.05) is 0 Å². The van der Waals surface area contributed by atoms with Crippen molar-refractivity contribution in [1.82, 2.24) is 15.8 Å². The van der Waals surface area contributed by atoms with Gasteiger partial charge in [0.05, 0.1) is 11.8 Å². The Balaban J connectivity index is 1.62. The molecule has 2 aromatic rings. The quantitative estimate of drug-likeness (QED) is 0.825. The predicted molar refractivity (Wildman–Crippen MR) is 84.8 cm³/mol. The number of likely N-dealkylation sites (tertiary alicyclic amines) is 1. The molecule has 0 radical (unpaired) electrons. The van der Waals surface area contributed by atoms with Gasteiger partial charge in [0.1, 0.15) is 11.9 Å². The summed E-state index contributed by atoms with van der Waals surface area (Å²) >= 11 is 0. The molecule has 130 valence electrons. The standard InChI is InChI=1S/C17H16FN3O4/c18-12-6-2-1-5-11(12)15(22)19-20-16(23)13-7-3-9-21(13)17(24)14-8-4-10-25-14/h1-2,4-6,8,10,13H,3,7,9H2,(H,19,22)(H,20,23). The maximum atomic E-state index is 13.6. The first-order valence-corrected chi connectivity index (χ1v) is 7.77. The number of benzene rings is 1. The summed E-state index contributed by atoms with van der Waals surface area (Å²) in [6.45, 7) is 0.416. The van der Waals surface area contributed by atoms with Crippen LogP contribution in [0.5, 0.6) is 0 Å². The lowest BCUT2D eigenvalue weighted by molar-refractivity contribution is -0.125. The summed E-state index contributed by atoms with van der Waals surface area (Å²) in [6.07, 6.45) is 2.51. The second-order valence-corrected chi connectivity index (χ2v) is 5.56. The predicted octanol–water partition coefficient (Wildman–Crippen LogP) is 1.48. The van der Waals surface area contributed by atoms with Crippen molar-refractivity contribution >= 4 is 17.7 Å². The number of rotatable bonds is 3. The van der Waals surface area contributed by atoms with Gasteiger partial charge in [-0.3, -0.25) is 25.2 Å². The smallest absolute Gasteiger partial charge is 0.290 e. The summed E-state index contributed by atoms with van der Waals surface area (Å²) in [5.74, 6) is -2.24. The molecule has 1 fully saturated rings. The molecule has 0 bridgehead atoms. The van der Waals surface area contributed by atoms with Crippen LogP contribution in [0.15, 0.2) is 47.1 Å². The Kier molecular flexibility index (Phi) is 4.78. The van der Waals surface area contributed by atoms with Crippen LogP contribution in [0.1, 0.15) is 33.8 Å². The normalized spacial score (nSPS) is 16.5. The van der Waals surface area contributed by atoms with E-state index in [-0.39, 0.29) is 17.2 Å². The van der Waals surface area contributed by atoms with Crippen LogP contribution in [0.2, 0.25) is 0 Å². The van der Waals surface area contributed by atoms with Gasteiger partial charge in [0.25, 0.3) is 17.7 Å². The molecule has 2 heterocycles. The number of hydrogen-bond acceptors (Lipinski definition) is 4. The highest BCUT2D eigenvalue weighted by atomic mass is 19.1. The van der Waals surface area contributed by atoms with Crippen molar-refractivity contribution in [2.24, 2.45) is 0 Å². The average molecular weight is 345 g/mol. The first-order valence-electron chi connectivity index (χ1n) is 7.77.